The molecule has 0 aliphatic rings. The van der Waals surface area contributed by atoms with Gasteiger partial charge in [-0.2, -0.15) is 0 Å². The summed E-state index contributed by atoms with van der Waals surface area (Å²) in [7, 11) is -9.91. The SMILES string of the molecule is CCC(C)CCCCCCCCC(=O)OC[C@H](COP(=O)(O)OC[C@H](O)COP(=O)(O)OC[C@@H](COC(=O)CCCCCCCCC(C)C)OC(=O)CCCCCCCCCCCCCCCC(C)C)OC(=O)CCCCCCCCCCCCCCCCCC(C)C. The van der Waals surface area contributed by atoms with E-state index in [1.807, 2.05) is 0 Å². The number of phosphoric ester groups is 2. The molecule has 3 N–H and O–H groups in total. The maximum absolute atomic E-state index is 13.0. The molecule has 17 nitrogen and oxygen atoms in total. The zero-order chi connectivity index (χ0) is 68.9. The van der Waals surface area contributed by atoms with Gasteiger partial charge in [0.1, 0.15) is 19.3 Å². The lowest BCUT2D eigenvalue weighted by Gasteiger charge is -2.21. The molecule has 6 atom stereocenters. The van der Waals surface area contributed by atoms with Crippen molar-refractivity contribution in [3.05, 3.63) is 0 Å². The molecule has 0 spiro atoms. The van der Waals surface area contributed by atoms with Crippen LogP contribution in [-0.4, -0.2) is 96.7 Å². The molecule has 0 saturated carbocycles. The van der Waals surface area contributed by atoms with E-state index in [1.54, 1.807) is 0 Å². The third kappa shape index (κ3) is 67.0. The molecule has 0 aromatic rings. The number of phosphoric acid groups is 2. The Balaban J connectivity index is 5.20. The van der Waals surface area contributed by atoms with Gasteiger partial charge in [-0.05, 0) is 49.4 Å². The topological polar surface area (TPSA) is 237 Å². The van der Waals surface area contributed by atoms with Gasteiger partial charge in [-0.25, -0.2) is 9.13 Å². The van der Waals surface area contributed by atoms with Gasteiger partial charge in [-0.3, -0.25) is 37.3 Å². The molecular formula is C74H144O17P2. The average Bonchev–Trinajstić information content (AvgIpc) is 1.91. The summed E-state index contributed by atoms with van der Waals surface area (Å²) in [5.41, 5.74) is 0. The summed E-state index contributed by atoms with van der Waals surface area (Å²) in [6.07, 6.45) is 47.4. The number of ether oxygens (including phenoxy) is 4. The largest absolute Gasteiger partial charge is 0.472 e. The molecule has 0 amide bonds. The normalized spacial score (nSPS) is 14.5. The van der Waals surface area contributed by atoms with Crippen molar-refractivity contribution in [1.29, 1.82) is 0 Å². The van der Waals surface area contributed by atoms with Gasteiger partial charge in [0.15, 0.2) is 12.2 Å². The predicted molar refractivity (Wildman–Crippen MR) is 377 cm³/mol. The minimum Gasteiger partial charge on any atom is -0.462 e. The molecule has 0 aromatic heterocycles. The van der Waals surface area contributed by atoms with Crippen LogP contribution in [0.3, 0.4) is 0 Å². The fourth-order valence-electron chi connectivity index (χ4n) is 11.2. The highest BCUT2D eigenvalue weighted by Crippen LogP contribution is 2.45. The fraction of sp³-hybridized carbons (Fsp3) is 0.946. The first kappa shape index (κ1) is 91.1. The quantitative estimate of drug-likeness (QED) is 0.0222. The Morgan fingerprint density at radius 1 is 0.301 bits per heavy atom. The van der Waals surface area contributed by atoms with E-state index in [-0.39, 0.29) is 25.7 Å². The molecule has 0 saturated heterocycles. The lowest BCUT2D eigenvalue weighted by molar-refractivity contribution is -0.161. The van der Waals surface area contributed by atoms with Crippen LogP contribution < -0.4 is 0 Å². The number of hydrogen-bond acceptors (Lipinski definition) is 15. The molecule has 0 radical (unpaired) electrons. The molecule has 0 aliphatic heterocycles. The van der Waals surface area contributed by atoms with E-state index in [9.17, 15) is 43.2 Å². The zero-order valence-electron chi connectivity index (χ0n) is 60.9. The standard InChI is InChI=1S/C74H144O17P2/c1-9-67(8)53-45-37-31-33-39-47-55-72(77)85-61-70(91-74(79)56-48-40-28-24-20-16-12-10-11-14-18-22-26-34-42-50-64(2)3)63-89-93(82,83)87-59-68(75)58-86-92(80,81)88-62-69(60-84-71(76)54-46-38-32-30-36-44-52-66(6)7)90-73(78)57-49-41-29-25-21-17-13-15-19-23-27-35-43-51-65(4)5/h64-70,75H,9-63H2,1-8H3,(H,80,81)(H,82,83)/t67?,68-,69-,70-/m1/s1. The second-order valence-corrected chi connectivity index (χ2v) is 31.3. The van der Waals surface area contributed by atoms with E-state index in [0.717, 1.165) is 120 Å². The smallest absolute Gasteiger partial charge is 0.462 e. The number of rotatable bonds is 71. The van der Waals surface area contributed by atoms with Crippen LogP contribution in [-0.2, 0) is 65.4 Å². The van der Waals surface area contributed by atoms with Gasteiger partial charge in [-0.15, -0.1) is 0 Å². The number of hydrogen-bond donors (Lipinski definition) is 3. The Morgan fingerprint density at radius 3 is 0.763 bits per heavy atom. The minimum absolute atomic E-state index is 0.106. The van der Waals surface area contributed by atoms with E-state index in [4.69, 9.17) is 37.0 Å². The molecular weight excluding hydrogens is 1220 g/mol. The first-order valence-corrected chi connectivity index (χ1v) is 41.2. The minimum atomic E-state index is -4.95. The fourth-order valence-corrected chi connectivity index (χ4v) is 12.7. The molecule has 0 bridgehead atoms. The highest BCUT2D eigenvalue weighted by Gasteiger charge is 2.30. The number of aliphatic hydroxyl groups is 1. The highest BCUT2D eigenvalue weighted by molar-refractivity contribution is 7.47. The van der Waals surface area contributed by atoms with Crippen molar-refractivity contribution in [2.24, 2.45) is 23.7 Å². The third-order valence-electron chi connectivity index (χ3n) is 17.4. The molecule has 0 fully saturated rings. The Kier molecular flexibility index (Phi) is 62.2. The van der Waals surface area contributed by atoms with Crippen LogP contribution in [0.1, 0.15) is 370 Å². The summed E-state index contributed by atoms with van der Waals surface area (Å²) in [4.78, 5) is 72.7. The molecule has 0 aromatic carbocycles. The zero-order valence-corrected chi connectivity index (χ0v) is 62.7. The molecule has 3 unspecified atom stereocenters. The Bertz CT molecular complexity index is 1840. The van der Waals surface area contributed by atoms with Crippen LogP contribution in [0.5, 0.6) is 0 Å². The monoisotopic (exact) mass is 1370 g/mol. The first-order chi connectivity index (χ1) is 44.6. The maximum Gasteiger partial charge on any atom is 0.472 e. The van der Waals surface area contributed by atoms with Crippen LogP contribution >= 0.6 is 15.6 Å². The predicted octanol–water partition coefficient (Wildman–Crippen LogP) is 21.3. The lowest BCUT2D eigenvalue weighted by Crippen LogP contribution is -2.30. The van der Waals surface area contributed by atoms with E-state index in [0.29, 0.717) is 31.6 Å². The number of carbonyl (C=O) groups excluding carboxylic acids is 4. The Morgan fingerprint density at radius 2 is 0.516 bits per heavy atom. The van der Waals surface area contributed by atoms with Gasteiger partial charge < -0.3 is 33.8 Å². The molecule has 0 heterocycles. The van der Waals surface area contributed by atoms with E-state index in [1.165, 1.54) is 161 Å². The van der Waals surface area contributed by atoms with Crippen LogP contribution in [0.4, 0.5) is 0 Å². The van der Waals surface area contributed by atoms with Gasteiger partial charge in [0.25, 0.3) is 0 Å². The van der Waals surface area contributed by atoms with Crippen LogP contribution in [0, 0.1) is 23.7 Å². The van der Waals surface area contributed by atoms with E-state index >= 15 is 0 Å². The van der Waals surface area contributed by atoms with Crippen molar-refractivity contribution < 1.29 is 80.2 Å². The van der Waals surface area contributed by atoms with Gasteiger partial charge >= 0.3 is 39.5 Å². The second-order valence-electron chi connectivity index (χ2n) is 28.4. The number of unbranched alkanes of at least 4 members (excludes halogenated alkanes) is 36. The number of esters is 4. The lowest BCUT2D eigenvalue weighted by atomic mass is 10.00. The van der Waals surface area contributed by atoms with Gasteiger partial charge in [0, 0.05) is 25.7 Å². The van der Waals surface area contributed by atoms with Crippen LogP contribution in [0.25, 0.3) is 0 Å². The molecule has 0 rings (SSSR count). The van der Waals surface area contributed by atoms with Crippen molar-refractivity contribution in [2.45, 2.75) is 388 Å². The summed E-state index contributed by atoms with van der Waals surface area (Å²) >= 11 is 0. The van der Waals surface area contributed by atoms with Gasteiger partial charge in [0.2, 0.25) is 0 Å². The highest BCUT2D eigenvalue weighted by atomic mass is 31.2. The van der Waals surface area contributed by atoms with Crippen molar-refractivity contribution in [3.63, 3.8) is 0 Å². The number of aliphatic hydroxyl groups excluding tert-OH is 1. The second kappa shape index (κ2) is 63.5. The number of carbonyl (C=O) groups is 4. The molecule has 93 heavy (non-hydrogen) atoms. The van der Waals surface area contributed by atoms with Crippen molar-refractivity contribution >= 4 is 39.5 Å². The van der Waals surface area contributed by atoms with Gasteiger partial charge in [-0.1, -0.05) is 319 Å². The molecule has 552 valence electrons. The van der Waals surface area contributed by atoms with E-state index in [2.05, 4.69) is 55.4 Å². The first-order valence-electron chi connectivity index (χ1n) is 38.2. The molecule has 19 heteroatoms. The summed E-state index contributed by atoms with van der Waals surface area (Å²) in [6.45, 7) is 14.1. The Labute approximate surface area is 568 Å². The Hall–Kier alpha value is -1.94. The van der Waals surface area contributed by atoms with Crippen LogP contribution in [0.15, 0.2) is 0 Å². The summed E-state index contributed by atoms with van der Waals surface area (Å²) in [5.74, 6) is 0.873. The molecule has 0 aliphatic carbocycles. The van der Waals surface area contributed by atoms with Gasteiger partial charge in [0.05, 0.1) is 26.4 Å². The van der Waals surface area contributed by atoms with Crippen molar-refractivity contribution in [2.75, 3.05) is 39.6 Å². The summed E-state index contributed by atoms with van der Waals surface area (Å²) in [5, 5.41) is 10.6. The van der Waals surface area contributed by atoms with Crippen molar-refractivity contribution in [3.8, 4) is 0 Å². The average molecular weight is 1370 g/mol. The van der Waals surface area contributed by atoms with E-state index < -0.39 is 97.5 Å². The van der Waals surface area contributed by atoms with Crippen molar-refractivity contribution in [1.82, 2.24) is 0 Å². The maximum atomic E-state index is 13.0. The summed E-state index contributed by atoms with van der Waals surface area (Å²) in [6, 6.07) is 0. The summed E-state index contributed by atoms with van der Waals surface area (Å²) < 4.78 is 68.4. The third-order valence-corrected chi connectivity index (χ3v) is 19.3. The van der Waals surface area contributed by atoms with Crippen LogP contribution in [0.2, 0.25) is 0 Å².